The van der Waals surface area contributed by atoms with Crippen LogP contribution in [0.5, 0.6) is 0 Å². The number of ether oxygens (including phenoxy) is 3. The minimum atomic E-state index is -1.15. The van der Waals surface area contributed by atoms with Gasteiger partial charge < -0.3 is 35.3 Å². The highest BCUT2D eigenvalue weighted by atomic mass is 35.5. The second-order valence-electron chi connectivity index (χ2n) is 13.6. The number of nitrogens with two attached hydrogens (primary N) is 1. The molecule has 0 radical (unpaired) electrons. The van der Waals surface area contributed by atoms with Gasteiger partial charge in [-0.3, -0.25) is 0 Å². The average Bonchev–Trinajstić information content (AvgIpc) is 3.41. The minimum absolute atomic E-state index is 0. The fourth-order valence-corrected chi connectivity index (χ4v) is 9.85. The van der Waals surface area contributed by atoms with E-state index < -0.39 is 30.1 Å². The zero-order valence-electron chi connectivity index (χ0n) is 22.9. The molecule has 13 atom stereocenters. The number of rotatable bonds is 3. The summed E-state index contributed by atoms with van der Waals surface area (Å²) in [7, 11) is 0. The molecule has 1 saturated heterocycles. The highest BCUT2D eigenvalue weighted by molar-refractivity contribution is 5.85. The molecular weight excluding hydrogens is 510 g/mol. The van der Waals surface area contributed by atoms with E-state index in [1.54, 1.807) is 13.0 Å². The van der Waals surface area contributed by atoms with Crippen LogP contribution in [0.4, 0.5) is 0 Å². The highest BCUT2D eigenvalue weighted by Gasteiger charge is 2.67. The average molecular weight is 556 g/mol. The molecule has 216 valence electrons. The van der Waals surface area contributed by atoms with Crippen LogP contribution in [0.3, 0.4) is 0 Å². The molecular formula is C29H46ClNO7. The van der Waals surface area contributed by atoms with Gasteiger partial charge in [0.2, 0.25) is 0 Å². The van der Waals surface area contributed by atoms with Crippen LogP contribution < -0.4 is 5.73 Å². The molecule has 0 aromatic carbocycles. The van der Waals surface area contributed by atoms with E-state index in [0.717, 1.165) is 63.4 Å². The van der Waals surface area contributed by atoms with E-state index >= 15 is 0 Å². The van der Waals surface area contributed by atoms with Crippen LogP contribution in [-0.2, 0) is 19.0 Å². The largest absolute Gasteiger partial charge is 0.458 e. The third kappa shape index (κ3) is 4.12. The molecule has 0 spiro atoms. The van der Waals surface area contributed by atoms with Crippen molar-refractivity contribution in [2.75, 3.05) is 6.61 Å². The molecule has 0 amide bonds. The molecule has 6 aliphatic rings. The highest BCUT2D eigenvalue weighted by Crippen LogP contribution is 2.70. The molecule has 9 heteroatoms. The number of hydrogen-bond acceptors (Lipinski definition) is 8. The predicted molar refractivity (Wildman–Crippen MR) is 142 cm³/mol. The maximum atomic E-state index is 12.4. The predicted octanol–water partition coefficient (Wildman–Crippen LogP) is 2.84. The lowest BCUT2D eigenvalue weighted by Crippen LogP contribution is -2.63. The Morgan fingerprint density at radius 1 is 1.03 bits per heavy atom. The van der Waals surface area contributed by atoms with Crippen molar-refractivity contribution < 1.29 is 34.3 Å². The summed E-state index contributed by atoms with van der Waals surface area (Å²) in [4.78, 5) is 11.8. The van der Waals surface area contributed by atoms with Crippen LogP contribution in [-0.4, -0.2) is 70.2 Å². The fourth-order valence-electron chi connectivity index (χ4n) is 9.85. The van der Waals surface area contributed by atoms with Gasteiger partial charge in [-0.05, 0) is 99.4 Å². The molecule has 2 heterocycles. The van der Waals surface area contributed by atoms with Crippen LogP contribution in [0.15, 0.2) is 11.6 Å². The summed E-state index contributed by atoms with van der Waals surface area (Å²) in [6.07, 6.45) is 6.88. The van der Waals surface area contributed by atoms with Crippen molar-refractivity contribution in [2.45, 2.75) is 121 Å². The van der Waals surface area contributed by atoms with Crippen LogP contribution in [0.2, 0.25) is 0 Å². The van der Waals surface area contributed by atoms with Crippen molar-refractivity contribution >= 4 is 18.4 Å². The van der Waals surface area contributed by atoms with E-state index in [4.69, 9.17) is 19.9 Å². The summed E-state index contributed by atoms with van der Waals surface area (Å²) in [5.41, 5.74) is 6.24. The summed E-state index contributed by atoms with van der Waals surface area (Å²) in [5.74, 6) is 1.21. The molecule has 6 rings (SSSR count). The second kappa shape index (κ2) is 9.97. The molecule has 38 heavy (non-hydrogen) atoms. The summed E-state index contributed by atoms with van der Waals surface area (Å²) < 4.78 is 17.3. The molecule has 4 saturated carbocycles. The number of esters is 1. The number of aliphatic hydroxyl groups excluding tert-OH is 2. The SMILES string of the molecule is C[C@H]1O[C@@H](O[C@H]2CC[C@@]3(C)[C@H](CC[C@@H]4[C@@H]3CC[C@]3(C)[C@@H](C5=CC(=O)OC5)CCC43O)C2)[C@H](O)[C@@H](O)[C@@H]1N.Cl. The van der Waals surface area contributed by atoms with Crippen molar-refractivity contribution in [3.63, 3.8) is 0 Å². The quantitative estimate of drug-likeness (QED) is 0.309. The third-order valence-corrected chi connectivity index (χ3v) is 12.2. The van der Waals surface area contributed by atoms with Gasteiger partial charge in [0.1, 0.15) is 18.8 Å². The Balaban J connectivity index is 0.00000294. The first-order valence-corrected chi connectivity index (χ1v) is 14.5. The molecule has 8 nitrogen and oxygen atoms in total. The first kappa shape index (κ1) is 28.8. The van der Waals surface area contributed by atoms with Crippen molar-refractivity contribution in [3.05, 3.63) is 11.6 Å². The second-order valence-corrected chi connectivity index (χ2v) is 13.6. The minimum Gasteiger partial charge on any atom is -0.458 e. The van der Waals surface area contributed by atoms with Gasteiger partial charge in [0.25, 0.3) is 0 Å². The van der Waals surface area contributed by atoms with Gasteiger partial charge in [-0.25, -0.2) is 4.79 Å². The lowest BCUT2D eigenvalue weighted by Gasteiger charge is -2.64. The number of hydrogen-bond donors (Lipinski definition) is 4. The number of aliphatic hydroxyl groups is 3. The Morgan fingerprint density at radius 3 is 2.50 bits per heavy atom. The van der Waals surface area contributed by atoms with Crippen molar-refractivity contribution in [2.24, 2.45) is 40.2 Å². The molecule has 1 unspecified atom stereocenters. The smallest absolute Gasteiger partial charge is 0.331 e. The molecule has 4 aliphatic carbocycles. The van der Waals surface area contributed by atoms with E-state index in [1.165, 1.54) is 0 Å². The Hall–Kier alpha value is -0.740. The van der Waals surface area contributed by atoms with Crippen molar-refractivity contribution in [3.8, 4) is 0 Å². The summed E-state index contributed by atoms with van der Waals surface area (Å²) in [6.45, 7) is 6.89. The van der Waals surface area contributed by atoms with Crippen LogP contribution in [0.25, 0.3) is 0 Å². The summed E-state index contributed by atoms with van der Waals surface area (Å²) in [6, 6.07) is -0.629. The molecule has 2 aliphatic heterocycles. The number of halogens is 1. The van der Waals surface area contributed by atoms with Gasteiger partial charge in [-0.15, -0.1) is 12.4 Å². The van der Waals surface area contributed by atoms with Gasteiger partial charge >= 0.3 is 5.97 Å². The normalized spacial score (nSPS) is 54.2. The molecule has 0 bridgehead atoms. The van der Waals surface area contributed by atoms with E-state index in [0.29, 0.717) is 18.4 Å². The maximum absolute atomic E-state index is 12.4. The third-order valence-electron chi connectivity index (χ3n) is 12.2. The topological polar surface area (TPSA) is 131 Å². The zero-order chi connectivity index (χ0) is 26.3. The monoisotopic (exact) mass is 555 g/mol. The Bertz CT molecular complexity index is 963. The lowest BCUT2D eigenvalue weighted by atomic mass is 9.43. The van der Waals surface area contributed by atoms with Crippen molar-refractivity contribution in [1.29, 1.82) is 0 Å². The lowest BCUT2D eigenvalue weighted by molar-refractivity contribution is -0.291. The number of carbonyl (C=O) groups is 1. The standard InChI is InChI=1S/C29H45NO7.ClH/c1-15-23(30)24(32)25(33)26(36-15)37-18-6-9-27(2)17(13-18)4-5-21-20(27)7-10-28(3)19(8-11-29(21,28)34)16-12-22(31)35-14-16;/h12,15,17-21,23-26,32-34H,4-11,13-14,30H2,1-3H3;1H/t15-,17-,18+,19-,20+,21-,23-,24+,25-,26+,27+,28-,29?;/m1./s1. The van der Waals surface area contributed by atoms with Gasteiger partial charge in [0, 0.05) is 11.5 Å². The first-order chi connectivity index (χ1) is 17.5. The molecule has 5 N–H and O–H groups in total. The number of cyclic esters (lactones) is 1. The Kier molecular flexibility index (Phi) is 7.55. The van der Waals surface area contributed by atoms with E-state index in [-0.39, 0.29) is 53.3 Å². The molecule has 0 aromatic heterocycles. The maximum Gasteiger partial charge on any atom is 0.331 e. The Labute approximate surface area is 232 Å². The Morgan fingerprint density at radius 2 is 1.79 bits per heavy atom. The van der Waals surface area contributed by atoms with E-state index in [9.17, 15) is 20.1 Å². The van der Waals surface area contributed by atoms with Gasteiger partial charge in [-0.1, -0.05) is 13.8 Å². The van der Waals surface area contributed by atoms with Crippen LogP contribution in [0, 0.1) is 34.5 Å². The summed E-state index contributed by atoms with van der Waals surface area (Å²) in [5, 5.41) is 33.2. The van der Waals surface area contributed by atoms with Crippen LogP contribution >= 0.6 is 12.4 Å². The van der Waals surface area contributed by atoms with Crippen molar-refractivity contribution in [1.82, 2.24) is 0 Å². The number of carbonyl (C=O) groups excluding carboxylic acids is 1. The molecule has 5 fully saturated rings. The van der Waals surface area contributed by atoms with Gasteiger partial charge in [-0.2, -0.15) is 0 Å². The van der Waals surface area contributed by atoms with Gasteiger partial charge in [0.05, 0.1) is 23.9 Å². The van der Waals surface area contributed by atoms with E-state index in [1.807, 2.05) is 0 Å². The molecule has 0 aromatic rings. The zero-order valence-corrected chi connectivity index (χ0v) is 23.7. The van der Waals surface area contributed by atoms with E-state index in [2.05, 4.69) is 13.8 Å². The fraction of sp³-hybridized carbons (Fsp3) is 0.897. The summed E-state index contributed by atoms with van der Waals surface area (Å²) >= 11 is 0. The number of fused-ring (bicyclic) bond motifs is 5. The first-order valence-electron chi connectivity index (χ1n) is 14.5. The van der Waals surface area contributed by atoms with Gasteiger partial charge in [0.15, 0.2) is 6.29 Å². The van der Waals surface area contributed by atoms with Crippen LogP contribution in [0.1, 0.15) is 78.6 Å².